The third kappa shape index (κ3) is 4.53. The first-order valence-electron chi connectivity index (χ1n) is 12.5. The lowest BCUT2D eigenvalue weighted by Crippen LogP contribution is -2.60. The maximum Gasteiger partial charge on any atom is 0.255 e. The molecule has 1 aromatic carbocycles. The highest BCUT2D eigenvalue weighted by Crippen LogP contribution is 2.34. The average Bonchev–Trinajstić information content (AvgIpc) is 2.92. The van der Waals surface area contributed by atoms with E-state index in [4.69, 9.17) is 9.47 Å². The Balaban J connectivity index is 1.27. The van der Waals surface area contributed by atoms with E-state index in [9.17, 15) is 9.59 Å². The van der Waals surface area contributed by atoms with E-state index < -0.39 is 6.04 Å². The molecule has 3 fully saturated rings. The van der Waals surface area contributed by atoms with Gasteiger partial charge in [-0.3, -0.25) is 14.5 Å². The number of nitrogens with one attached hydrogen (secondary N) is 1. The minimum absolute atomic E-state index is 0.0703. The lowest BCUT2D eigenvalue weighted by atomic mass is 9.98. The van der Waals surface area contributed by atoms with Crippen LogP contribution in [0.5, 0.6) is 5.75 Å². The molecule has 1 N–H and O–H groups in total. The molecule has 3 aliphatic heterocycles. The maximum atomic E-state index is 13.0. The van der Waals surface area contributed by atoms with Gasteiger partial charge in [0.25, 0.3) is 5.91 Å². The quantitative estimate of drug-likeness (QED) is 0.670. The summed E-state index contributed by atoms with van der Waals surface area (Å²) in [5.41, 5.74) is 2.35. The first kappa shape index (κ1) is 22.4. The Bertz CT molecular complexity index is 926. The molecule has 0 aromatic heterocycles. The van der Waals surface area contributed by atoms with Crippen LogP contribution in [-0.2, 0) is 16.1 Å². The van der Waals surface area contributed by atoms with Crippen LogP contribution in [0.4, 0.5) is 0 Å². The van der Waals surface area contributed by atoms with E-state index in [2.05, 4.69) is 23.7 Å². The number of nitrogens with zero attached hydrogens (tertiary/aromatic N) is 2. The Morgan fingerprint density at radius 1 is 1.12 bits per heavy atom. The summed E-state index contributed by atoms with van der Waals surface area (Å²) in [6, 6.07) is 5.77. The summed E-state index contributed by atoms with van der Waals surface area (Å²) in [7, 11) is 0. The Hall–Kier alpha value is -2.38. The van der Waals surface area contributed by atoms with Gasteiger partial charge in [-0.25, -0.2) is 0 Å². The molecule has 178 valence electrons. The van der Waals surface area contributed by atoms with Crippen molar-refractivity contribution in [3.63, 3.8) is 0 Å². The largest absolute Gasteiger partial charge is 0.489 e. The highest BCUT2D eigenvalue weighted by atomic mass is 16.5. The number of carbonyl (C=O) groups excluding carboxylic acids is 2. The Morgan fingerprint density at radius 3 is 2.73 bits per heavy atom. The van der Waals surface area contributed by atoms with Crippen LogP contribution >= 0.6 is 0 Å². The lowest BCUT2D eigenvalue weighted by Gasteiger charge is -2.46. The van der Waals surface area contributed by atoms with Crippen molar-refractivity contribution in [1.29, 1.82) is 0 Å². The van der Waals surface area contributed by atoms with Crippen LogP contribution in [-0.4, -0.2) is 65.6 Å². The van der Waals surface area contributed by atoms with Crippen LogP contribution in [0.1, 0.15) is 67.8 Å². The zero-order valence-electron chi connectivity index (χ0n) is 19.6. The van der Waals surface area contributed by atoms with Gasteiger partial charge in [0.2, 0.25) is 5.91 Å². The number of carbonyl (C=O) groups is 2. The van der Waals surface area contributed by atoms with Crippen molar-refractivity contribution in [2.45, 2.75) is 82.7 Å². The van der Waals surface area contributed by atoms with Crippen molar-refractivity contribution in [3.05, 3.63) is 41.6 Å². The molecule has 1 aromatic rings. The summed E-state index contributed by atoms with van der Waals surface area (Å²) < 4.78 is 12.3. The molecule has 0 radical (unpaired) electrons. The summed E-state index contributed by atoms with van der Waals surface area (Å²) in [4.78, 5) is 29.7. The minimum Gasteiger partial charge on any atom is -0.489 e. The van der Waals surface area contributed by atoms with E-state index in [-0.39, 0.29) is 17.9 Å². The van der Waals surface area contributed by atoms with Crippen LogP contribution < -0.4 is 10.1 Å². The molecular formula is C26H35N3O4. The molecule has 4 aliphatic rings. The molecule has 7 heteroatoms. The molecule has 3 atom stereocenters. The third-order valence-electron chi connectivity index (χ3n) is 7.56. The van der Waals surface area contributed by atoms with Crippen LogP contribution in [0, 0.1) is 0 Å². The summed E-state index contributed by atoms with van der Waals surface area (Å²) in [5.74, 6) is 0.618. The van der Waals surface area contributed by atoms with Crippen molar-refractivity contribution in [3.8, 4) is 5.75 Å². The van der Waals surface area contributed by atoms with Gasteiger partial charge in [-0.2, -0.15) is 0 Å². The monoisotopic (exact) mass is 453 g/mol. The molecule has 1 aliphatic carbocycles. The first-order valence-corrected chi connectivity index (χ1v) is 12.5. The summed E-state index contributed by atoms with van der Waals surface area (Å²) >= 11 is 0. The zero-order chi connectivity index (χ0) is 22.9. The normalized spacial score (nSPS) is 28.8. The van der Waals surface area contributed by atoms with Gasteiger partial charge in [-0.1, -0.05) is 19.4 Å². The summed E-state index contributed by atoms with van der Waals surface area (Å²) in [6.45, 7) is 9.09. The second-order valence-corrected chi connectivity index (χ2v) is 9.79. The van der Waals surface area contributed by atoms with Crippen molar-refractivity contribution < 1.29 is 19.1 Å². The number of allylic oxidation sites excluding steroid dienone is 1. The highest BCUT2D eigenvalue weighted by Gasteiger charge is 2.40. The number of rotatable bonds is 6. The second-order valence-electron chi connectivity index (χ2n) is 9.79. The van der Waals surface area contributed by atoms with E-state index in [0.717, 1.165) is 49.5 Å². The van der Waals surface area contributed by atoms with E-state index in [1.165, 1.54) is 19.3 Å². The molecular weight excluding hydrogens is 418 g/mol. The fourth-order valence-corrected chi connectivity index (χ4v) is 5.77. The lowest BCUT2D eigenvalue weighted by molar-refractivity contribution is -0.126. The van der Waals surface area contributed by atoms with Gasteiger partial charge in [-0.05, 0) is 62.8 Å². The number of hydrogen-bond donors (Lipinski definition) is 1. The molecule has 33 heavy (non-hydrogen) atoms. The molecule has 2 saturated heterocycles. The third-order valence-corrected chi connectivity index (χ3v) is 7.56. The van der Waals surface area contributed by atoms with Crippen LogP contribution in [0.15, 0.2) is 30.5 Å². The van der Waals surface area contributed by atoms with Crippen LogP contribution in [0.2, 0.25) is 0 Å². The smallest absolute Gasteiger partial charge is 0.255 e. The zero-order valence-corrected chi connectivity index (χ0v) is 19.6. The molecule has 1 saturated carbocycles. The molecule has 0 spiro atoms. The van der Waals surface area contributed by atoms with Crippen LogP contribution in [0.3, 0.4) is 0 Å². The van der Waals surface area contributed by atoms with Gasteiger partial charge >= 0.3 is 0 Å². The van der Waals surface area contributed by atoms with Crippen LogP contribution in [0.25, 0.3) is 0 Å². The fourth-order valence-electron chi connectivity index (χ4n) is 5.77. The fraction of sp³-hybridized carbons (Fsp3) is 0.615. The van der Waals surface area contributed by atoms with E-state index in [1.807, 2.05) is 18.2 Å². The number of piperidine rings is 1. The maximum absolute atomic E-state index is 13.0. The SMILES string of the molecule is C=C1CCC(N2Cc3cc(O[C@@H]4CCCCC[C@@H]4N4CC(OCC)C4)ccc3C2=O)C(=O)N1. The first-order chi connectivity index (χ1) is 16.0. The van der Waals surface area contributed by atoms with Crippen molar-refractivity contribution in [2.24, 2.45) is 0 Å². The molecule has 3 heterocycles. The Morgan fingerprint density at radius 2 is 1.94 bits per heavy atom. The highest BCUT2D eigenvalue weighted by molar-refractivity contribution is 6.01. The topological polar surface area (TPSA) is 71.1 Å². The Labute approximate surface area is 196 Å². The van der Waals surface area contributed by atoms with E-state index in [1.54, 1.807) is 4.90 Å². The standard InChI is InChI=1S/C26H35N3O4/c1-3-32-20-15-28(16-20)22-7-5-4-6-8-24(22)33-19-10-11-21-18(13-19)14-29(26(21)31)23-12-9-17(2)27-25(23)30/h10-11,13,20,22-24H,2-9,12,14-16H2,1H3,(H,27,30)/t22-,23?,24+/m0/s1. The van der Waals surface area contributed by atoms with Gasteiger partial charge in [0.15, 0.2) is 0 Å². The molecule has 1 unspecified atom stereocenters. The van der Waals surface area contributed by atoms with Gasteiger partial charge < -0.3 is 19.7 Å². The van der Waals surface area contributed by atoms with Crippen molar-refractivity contribution >= 4 is 11.8 Å². The Kier molecular flexibility index (Phi) is 6.43. The number of fused-ring (bicyclic) bond motifs is 1. The summed E-state index contributed by atoms with van der Waals surface area (Å²) in [5, 5.41) is 2.80. The predicted octanol–water partition coefficient (Wildman–Crippen LogP) is 3.24. The number of benzene rings is 1. The summed E-state index contributed by atoms with van der Waals surface area (Å²) in [6.07, 6.45) is 7.71. The second kappa shape index (κ2) is 9.47. The van der Waals surface area contributed by atoms with Crippen molar-refractivity contribution in [1.82, 2.24) is 15.1 Å². The molecule has 2 amide bonds. The number of likely N-dealkylation sites (tertiary alicyclic amines) is 1. The van der Waals surface area contributed by atoms with Gasteiger partial charge in [0.1, 0.15) is 17.9 Å². The van der Waals surface area contributed by atoms with E-state index in [0.29, 0.717) is 37.1 Å². The van der Waals surface area contributed by atoms with Gasteiger partial charge in [0, 0.05) is 43.5 Å². The number of hydrogen-bond acceptors (Lipinski definition) is 5. The van der Waals surface area contributed by atoms with E-state index >= 15 is 0 Å². The average molecular weight is 454 g/mol. The minimum atomic E-state index is -0.435. The number of amides is 2. The molecule has 7 nitrogen and oxygen atoms in total. The molecule has 5 rings (SSSR count). The predicted molar refractivity (Wildman–Crippen MR) is 125 cm³/mol. The van der Waals surface area contributed by atoms with Gasteiger partial charge in [0.05, 0.1) is 6.10 Å². The number of ether oxygens (including phenoxy) is 2. The van der Waals surface area contributed by atoms with Gasteiger partial charge in [-0.15, -0.1) is 0 Å². The molecule has 0 bridgehead atoms. The van der Waals surface area contributed by atoms with Crippen molar-refractivity contribution in [2.75, 3.05) is 19.7 Å².